The Balaban J connectivity index is 1.60. The van der Waals surface area contributed by atoms with Crippen LogP contribution in [0.3, 0.4) is 0 Å². The third kappa shape index (κ3) is 4.66. The van der Waals surface area contributed by atoms with Gasteiger partial charge in [-0.05, 0) is 54.7 Å². The maximum atomic E-state index is 12.9. The van der Waals surface area contributed by atoms with Crippen LogP contribution in [0.1, 0.15) is 36.0 Å². The van der Waals surface area contributed by atoms with E-state index in [0.717, 1.165) is 17.7 Å². The summed E-state index contributed by atoms with van der Waals surface area (Å²) in [5.41, 5.74) is -0.843. The van der Waals surface area contributed by atoms with Crippen LogP contribution in [0, 0.1) is 0 Å². The molecule has 0 unspecified atom stereocenters. The molecule has 1 N–H and O–H groups in total. The molecule has 0 bridgehead atoms. The van der Waals surface area contributed by atoms with Crippen molar-refractivity contribution in [3.8, 4) is 0 Å². The Morgan fingerprint density at radius 2 is 1.81 bits per heavy atom. The Morgan fingerprint density at radius 3 is 2.44 bits per heavy atom. The molecule has 1 aliphatic rings. The summed E-state index contributed by atoms with van der Waals surface area (Å²) in [4.78, 5) is 18.0. The lowest BCUT2D eigenvalue weighted by molar-refractivity contribution is -0.137. The first-order chi connectivity index (χ1) is 12.8. The van der Waals surface area contributed by atoms with Gasteiger partial charge in [0, 0.05) is 31.9 Å². The van der Waals surface area contributed by atoms with Crippen LogP contribution in [-0.2, 0) is 23.0 Å². The number of hydrogen-bond acceptors (Lipinski definition) is 3. The number of rotatable bonds is 4. The minimum absolute atomic E-state index is 0.0158. The van der Waals surface area contributed by atoms with E-state index in [-0.39, 0.29) is 24.3 Å². The van der Waals surface area contributed by atoms with E-state index in [0.29, 0.717) is 25.9 Å². The van der Waals surface area contributed by atoms with Gasteiger partial charge in [-0.3, -0.25) is 9.78 Å². The summed E-state index contributed by atoms with van der Waals surface area (Å²) in [6, 6.07) is 8.52. The van der Waals surface area contributed by atoms with Crippen molar-refractivity contribution in [2.45, 2.75) is 37.5 Å². The molecule has 4 nitrogen and oxygen atoms in total. The molecule has 2 heterocycles. The van der Waals surface area contributed by atoms with E-state index in [4.69, 9.17) is 0 Å². The maximum Gasteiger partial charge on any atom is 0.416 e. The fraction of sp³-hybridized carbons (Fsp3) is 0.400. The highest BCUT2D eigenvalue weighted by atomic mass is 19.4. The molecular weight excluding hydrogens is 357 g/mol. The summed E-state index contributed by atoms with van der Waals surface area (Å²) in [6.07, 6.45) is 0.300. The molecule has 0 radical (unpaired) electrons. The quantitative estimate of drug-likeness (QED) is 0.885. The standard InChI is InChI=1S/C20H21F3N2O2/c21-20(22,23)17-3-1-2-16(14-17)19(27)8-12-25(13-9-19)18(26)5-4-15-6-10-24-11-7-15/h1-3,6-7,10-11,14,27H,4-5,8-9,12-13H2. The third-order valence-electron chi connectivity index (χ3n) is 5.05. The summed E-state index contributed by atoms with van der Waals surface area (Å²) in [6.45, 7) is 0.643. The normalized spacial score (nSPS) is 17.0. The fourth-order valence-electron chi connectivity index (χ4n) is 3.36. The lowest BCUT2D eigenvalue weighted by atomic mass is 9.83. The number of aryl methyl sites for hydroxylation is 1. The minimum atomic E-state index is -4.45. The number of pyridine rings is 1. The summed E-state index contributed by atoms with van der Waals surface area (Å²) in [5, 5.41) is 10.8. The number of benzene rings is 1. The highest BCUT2D eigenvalue weighted by Gasteiger charge is 2.37. The molecule has 0 spiro atoms. The van der Waals surface area contributed by atoms with Gasteiger partial charge in [0.2, 0.25) is 5.91 Å². The maximum absolute atomic E-state index is 12.9. The van der Waals surface area contributed by atoms with Gasteiger partial charge in [-0.25, -0.2) is 0 Å². The smallest absolute Gasteiger partial charge is 0.385 e. The zero-order chi connectivity index (χ0) is 19.5. The summed E-state index contributed by atoms with van der Waals surface area (Å²) < 4.78 is 38.7. The second-order valence-electron chi connectivity index (χ2n) is 6.85. The number of carbonyl (C=O) groups is 1. The molecule has 2 aromatic rings. The van der Waals surface area contributed by atoms with E-state index >= 15 is 0 Å². The summed E-state index contributed by atoms with van der Waals surface area (Å²) in [5.74, 6) is -0.0158. The molecule has 1 saturated heterocycles. The van der Waals surface area contributed by atoms with Crippen molar-refractivity contribution in [1.29, 1.82) is 0 Å². The molecule has 144 valence electrons. The first-order valence-electron chi connectivity index (χ1n) is 8.85. The second kappa shape index (κ2) is 7.68. The van der Waals surface area contributed by atoms with Crippen molar-refractivity contribution in [2.24, 2.45) is 0 Å². The third-order valence-corrected chi connectivity index (χ3v) is 5.05. The van der Waals surface area contributed by atoms with Crippen molar-refractivity contribution < 1.29 is 23.1 Å². The van der Waals surface area contributed by atoms with Gasteiger partial charge in [0.15, 0.2) is 0 Å². The Kier molecular flexibility index (Phi) is 5.51. The van der Waals surface area contributed by atoms with Gasteiger partial charge in [0.05, 0.1) is 11.2 Å². The molecule has 1 aliphatic heterocycles. The summed E-state index contributed by atoms with van der Waals surface area (Å²) in [7, 11) is 0. The number of aliphatic hydroxyl groups is 1. The van der Waals surface area contributed by atoms with Gasteiger partial charge in [-0.15, -0.1) is 0 Å². The number of nitrogens with zero attached hydrogens (tertiary/aromatic N) is 2. The number of aromatic nitrogens is 1. The molecular formula is C20H21F3N2O2. The number of piperidine rings is 1. The largest absolute Gasteiger partial charge is 0.416 e. The predicted octanol–water partition coefficient (Wildman–Crippen LogP) is 3.54. The second-order valence-corrected chi connectivity index (χ2v) is 6.85. The fourth-order valence-corrected chi connectivity index (χ4v) is 3.36. The molecule has 1 aromatic carbocycles. The monoisotopic (exact) mass is 378 g/mol. The highest BCUT2D eigenvalue weighted by molar-refractivity contribution is 5.76. The highest BCUT2D eigenvalue weighted by Crippen LogP contribution is 2.36. The van der Waals surface area contributed by atoms with E-state index in [1.54, 1.807) is 17.3 Å². The van der Waals surface area contributed by atoms with Gasteiger partial charge < -0.3 is 10.0 Å². The number of likely N-dealkylation sites (tertiary alicyclic amines) is 1. The first kappa shape index (κ1) is 19.4. The van der Waals surface area contributed by atoms with Crippen LogP contribution in [0.2, 0.25) is 0 Å². The van der Waals surface area contributed by atoms with Crippen LogP contribution in [0.25, 0.3) is 0 Å². The van der Waals surface area contributed by atoms with Gasteiger partial charge in [0.1, 0.15) is 0 Å². The van der Waals surface area contributed by atoms with E-state index < -0.39 is 17.3 Å². The Hall–Kier alpha value is -2.41. The molecule has 1 fully saturated rings. The lowest BCUT2D eigenvalue weighted by Crippen LogP contribution is -2.45. The first-order valence-corrected chi connectivity index (χ1v) is 8.85. The number of carbonyl (C=O) groups excluding carboxylic acids is 1. The Bertz CT molecular complexity index is 785. The zero-order valence-electron chi connectivity index (χ0n) is 14.7. The van der Waals surface area contributed by atoms with Crippen LogP contribution in [0.5, 0.6) is 0 Å². The number of halogens is 3. The lowest BCUT2D eigenvalue weighted by Gasteiger charge is -2.38. The van der Waals surface area contributed by atoms with Crippen molar-refractivity contribution in [1.82, 2.24) is 9.88 Å². The average Bonchev–Trinajstić information content (AvgIpc) is 2.67. The Labute approximate surface area is 155 Å². The van der Waals surface area contributed by atoms with E-state index in [9.17, 15) is 23.1 Å². The van der Waals surface area contributed by atoms with E-state index in [1.165, 1.54) is 12.1 Å². The van der Waals surface area contributed by atoms with Gasteiger partial charge in [-0.1, -0.05) is 12.1 Å². The minimum Gasteiger partial charge on any atom is -0.385 e. The molecule has 1 aromatic heterocycles. The predicted molar refractivity (Wildman–Crippen MR) is 93.7 cm³/mol. The molecule has 0 saturated carbocycles. The van der Waals surface area contributed by atoms with Gasteiger partial charge >= 0.3 is 6.18 Å². The number of hydrogen-bond donors (Lipinski definition) is 1. The molecule has 0 aliphatic carbocycles. The van der Waals surface area contributed by atoms with Crippen molar-refractivity contribution in [2.75, 3.05) is 13.1 Å². The van der Waals surface area contributed by atoms with Crippen molar-refractivity contribution >= 4 is 5.91 Å². The van der Waals surface area contributed by atoms with Crippen LogP contribution in [0.15, 0.2) is 48.8 Å². The number of alkyl halides is 3. The zero-order valence-corrected chi connectivity index (χ0v) is 14.7. The molecule has 7 heteroatoms. The van der Waals surface area contributed by atoms with Gasteiger partial charge in [-0.2, -0.15) is 13.2 Å². The SMILES string of the molecule is O=C(CCc1ccncc1)N1CCC(O)(c2cccc(C(F)(F)F)c2)CC1. The van der Waals surface area contributed by atoms with Crippen LogP contribution in [0.4, 0.5) is 13.2 Å². The molecule has 27 heavy (non-hydrogen) atoms. The topological polar surface area (TPSA) is 53.4 Å². The van der Waals surface area contributed by atoms with Crippen molar-refractivity contribution in [3.63, 3.8) is 0 Å². The molecule has 3 rings (SSSR count). The van der Waals surface area contributed by atoms with Gasteiger partial charge in [0.25, 0.3) is 0 Å². The number of amides is 1. The average molecular weight is 378 g/mol. The van der Waals surface area contributed by atoms with Crippen LogP contribution in [-0.4, -0.2) is 34.0 Å². The summed E-state index contributed by atoms with van der Waals surface area (Å²) >= 11 is 0. The molecule has 0 atom stereocenters. The Morgan fingerprint density at radius 1 is 1.15 bits per heavy atom. The van der Waals surface area contributed by atoms with E-state index in [2.05, 4.69) is 4.98 Å². The van der Waals surface area contributed by atoms with Crippen LogP contribution < -0.4 is 0 Å². The van der Waals surface area contributed by atoms with Crippen molar-refractivity contribution in [3.05, 3.63) is 65.5 Å². The van der Waals surface area contributed by atoms with Crippen LogP contribution >= 0.6 is 0 Å². The molecule has 1 amide bonds. The van der Waals surface area contributed by atoms with E-state index in [1.807, 2.05) is 12.1 Å².